The molecule has 0 atom stereocenters. The number of fused-ring (bicyclic) bond motifs is 1. The summed E-state index contributed by atoms with van der Waals surface area (Å²) in [5.41, 5.74) is 4.15. The minimum atomic E-state index is 0.859. The van der Waals surface area contributed by atoms with Crippen LogP contribution in [0.5, 0.6) is 5.75 Å². The van der Waals surface area contributed by atoms with Crippen LogP contribution in [0.2, 0.25) is 0 Å². The molecule has 3 aromatic rings. The Balaban J connectivity index is 2.16. The van der Waals surface area contributed by atoms with Gasteiger partial charge >= 0.3 is 0 Å². The second kappa shape index (κ2) is 4.14. The van der Waals surface area contributed by atoms with Crippen LogP contribution in [0.25, 0.3) is 22.2 Å². The van der Waals surface area contributed by atoms with Gasteiger partial charge in [0.1, 0.15) is 16.8 Å². The summed E-state index contributed by atoms with van der Waals surface area (Å²) in [6, 6.07) is 14.0. The highest BCUT2D eigenvalue weighted by molar-refractivity contribution is 7.00. The van der Waals surface area contributed by atoms with Crippen LogP contribution in [0.15, 0.2) is 42.5 Å². The van der Waals surface area contributed by atoms with Crippen LogP contribution in [0.4, 0.5) is 0 Å². The van der Waals surface area contributed by atoms with Crippen LogP contribution in [0.1, 0.15) is 0 Å². The van der Waals surface area contributed by atoms with Crippen LogP contribution >= 0.6 is 11.7 Å². The molecule has 1 aromatic heterocycles. The first-order valence-corrected chi connectivity index (χ1v) is 5.97. The molecule has 2 aromatic carbocycles. The van der Waals surface area contributed by atoms with E-state index in [1.807, 2.05) is 36.4 Å². The maximum absolute atomic E-state index is 5.15. The number of hydrogen-bond donors (Lipinski definition) is 0. The minimum Gasteiger partial charge on any atom is -0.497 e. The van der Waals surface area contributed by atoms with Gasteiger partial charge in [-0.05, 0) is 23.8 Å². The van der Waals surface area contributed by atoms with Crippen LogP contribution in [0.3, 0.4) is 0 Å². The van der Waals surface area contributed by atoms with E-state index in [0.717, 1.165) is 27.9 Å². The number of hydrogen-bond acceptors (Lipinski definition) is 4. The molecule has 0 bridgehead atoms. The van der Waals surface area contributed by atoms with Crippen LogP contribution in [-0.2, 0) is 0 Å². The Hall–Kier alpha value is -1.94. The average Bonchev–Trinajstić information content (AvgIpc) is 2.87. The number of ether oxygens (including phenoxy) is 1. The van der Waals surface area contributed by atoms with Gasteiger partial charge in [-0.1, -0.05) is 24.3 Å². The zero-order valence-electron chi connectivity index (χ0n) is 9.25. The van der Waals surface area contributed by atoms with E-state index in [4.69, 9.17) is 4.74 Å². The van der Waals surface area contributed by atoms with Crippen molar-refractivity contribution < 1.29 is 4.74 Å². The maximum atomic E-state index is 5.15. The second-order valence-electron chi connectivity index (χ2n) is 3.67. The van der Waals surface area contributed by atoms with Crippen molar-refractivity contribution in [2.75, 3.05) is 7.11 Å². The Labute approximate surface area is 103 Å². The highest BCUT2D eigenvalue weighted by atomic mass is 32.1. The van der Waals surface area contributed by atoms with Crippen molar-refractivity contribution in [3.8, 4) is 16.9 Å². The standard InChI is InChI=1S/C13H10N2OS/c1-16-10-7-5-9(6-8-10)11-3-2-4-12-13(11)15-17-14-12/h2-8H,1H3. The van der Waals surface area contributed by atoms with Gasteiger partial charge in [0.2, 0.25) is 0 Å². The van der Waals surface area contributed by atoms with Crippen molar-refractivity contribution in [2.24, 2.45) is 0 Å². The van der Waals surface area contributed by atoms with Crippen molar-refractivity contribution in [1.29, 1.82) is 0 Å². The zero-order chi connectivity index (χ0) is 11.7. The van der Waals surface area contributed by atoms with Gasteiger partial charge in [-0.25, -0.2) is 0 Å². The normalized spacial score (nSPS) is 10.6. The van der Waals surface area contributed by atoms with Crippen LogP contribution in [0, 0.1) is 0 Å². The molecule has 3 nitrogen and oxygen atoms in total. The van der Waals surface area contributed by atoms with Gasteiger partial charge in [0, 0.05) is 5.56 Å². The molecule has 0 radical (unpaired) electrons. The summed E-state index contributed by atoms with van der Waals surface area (Å²) in [5, 5.41) is 0. The Morgan fingerprint density at radius 3 is 2.59 bits per heavy atom. The van der Waals surface area contributed by atoms with Gasteiger partial charge < -0.3 is 4.74 Å². The lowest BCUT2D eigenvalue weighted by molar-refractivity contribution is 0.415. The number of methoxy groups -OCH3 is 1. The number of nitrogens with zero attached hydrogens (tertiary/aromatic N) is 2. The fourth-order valence-corrected chi connectivity index (χ4v) is 2.36. The monoisotopic (exact) mass is 242 g/mol. The number of rotatable bonds is 2. The van der Waals surface area contributed by atoms with Crippen molar-refractivity contribution >= 4 is 22.8 Å². The molecule has 0 amide bonds. The molecule has 0 N–H and O–H groups in total. The molecule has 17 heavy (non-hydrogen) atoms. The molecule has 0 aliphatic rings. The number of benzene rings is 2. The highest BCUT2D eigenvalue weighted by Gasteiger charge is 2.06. The van der Waals surface area contributed by atoms with E-state index >= 15 is 0 Å². The van der Waals surface area contributed by atoms with Crippen molar-refractivity contribution in [3.63, 3.8) is 0 Å². The van der Waals surface area contributed by atoms with E-state index < -0.39 is 0 Å². The molecule has 0 fully saturated rings. The average molecular weight is 242 g/mol. The lowest BCUT2D eigenvalue weighted by Gasteiger charge is -2.03. The molecule has 1 heterocycles. The largest absolute Gasteiger partial charge is 0.497 e. The smallest absolute Gasteiger partial charge is 0.118 e. The fraction of sp³-hybridized carbons (Fsp3) is 0.0769. The van der Waals surface area contributed by atoms with E-state index in [2.05, 4.69) is 14.8 Å². The molecule has 0 aliphatic heterocycles. The zero-order valence-corrected chi connectivity index (χ0v) is 10.1. The van der Waals surface area contributed by atoms with E-state index in [0.29, 0.717) is 0 Å². The fourth-order valence-electron chi connectivity index (χ4n) is 1.81. The third kappa shape index (κ3) is 1.76. The van der Waals surface area contributed by atoms with Gasteiger partial charge in [0.25, 0.3) is 0 Å². The van der Waals surface area contributed by atoms with Gasteiger partial charge in [-0.15, -0.1) is 0 Å². The highest BCUT2D eigenvalue weighted by Crippen LogP contribution is 2.28. The first kappa shape index (κ1) is 10.2. The predicted octanol–water partition coefficient (Wildman–Crippen LogP) is 3.37. The first-order chi connectivity index (χ1) is 8.38. The summed E-state index contributed by atoms with van der Waals surface area (Å²) in [4.78, 5) is 0. The molecule has 0 saturated heterocycles. The predicted molar refractivity (Wildman–Crippen MR) is 69.4 cm³/mol. The van der Waals surface area contributed by atoms with Crippen LogP contribution in [-0.4, -0.2) is 15.9 Å². The topological polar surface area (TPSA) is 35.0 Å². The number of aromatic nitrogens is 2. The Kier molecular flexibility index (Phi) is 2.49. The molecule has 0 unspecified atom stereocenters. The van der Waals surface area contributed by atoms with Gasteiger partial charge in [0.05, 0.1) is 18.8 Å². The Bertz CT molecular complexity index is 646. The van der Waals surface area contributed by atoms with E-state index in [9.17, 15) is 0 Å². The molecule has 3 rings (SSSR count). The van der Waals surface area contributed by atoms with E-state index in [-0.39, 0.29) is 0 Å². The van der Waals surface area contributed by atoms with E-state index in [1.54, 1.807) is 7.11 Å². The summed E-state index contributed by atoms with van der Waals surface area (Å²) in [7, 11) is 1.67. The van der Waals surface area contributed by atoms with Gasteiger partial charge in [-0.3, -0.25) is 0 Å². The summed E-state index contributed by atoms with van der Waals surface area (Å²) in [5.74, 6) is 0.859. The molecule has 84 valence electrons. The summed E-state index contributed by atoms with van der Waals surface area (Å²) >= 11 is 1.24. The molecule has 0 spiro atoms. The molecule has 0 saturated carbocycles. The van der Waals surface area contributed by atoms with Crippen molar-refractivity contribution in [3.05, 3.63) is 42.5 Å². The van der Waals surface area contributed by atoms with Gasteiger partial charge in [-0.2, -0.15) is 8.75 Å². The SMILES string of the molecule is COc1ccc(-c2cccc3nsnc23)cc1. The molecular weight excluding hydrogens is 232 g/mol. The molecular formula is C13H10N2OS. The lowest BCUT2D eigenvalue weighted by Crippen LogP contribution is -1.83. The molecule has 4 heteroatoms. The van der Waals surface area contributed by atoms with Crippen molar-refractivity contribution in [2.45, 2.75) is 0 Å². The first-order valence-electron chi connectivity index (χ1n) is 5.24. The third-order valence-corrected chi connectivity index (χ3v) is 3.23. The summed E-state index contributed by atoms with van der Waals surface area (Å²) in [6.45, 7) is 0. The van der Waals surface area contributed by atoms with Gasteiger partial charge in [0.15, 0.2) is 0 Å². The quantitative estimate of drug-likeness (QED) is 0.691. The maximum Gasteiger partial charge on any atom is 0.118 e. The summed E-state index contributed by atoms with van der Waals surface area (Å²) < 4.78 is 13.7. The molecule has 0 aliphatic carbocycles. The van der Waals surface area contributed by atoms with Crippen LogP contribution < -0.4 is 4.74 Å². The second-order valence-corrected chi connectivity index (χ2v) is 4.19. The lowest BCUT2D eigenvalue weighted by atomic mass is 10.0. The van der Waals surface area contributed by atoms with E-state index in [1.165, 1.54) is 11.7 Å². The minimum absolute atomic E-state index is 0.859. The summed E-state index contributed by atoms with van der Waals surface area (Å²) in [6.07, 6.45) is 0. The third-order valence-electron chi connectivity index (χ3n) is 2.69. The Morgan fingerprint density at radius 2 is 1.82 bits per heavy atom. The Morgan fingerprint density at radius 1 is 1.00 bits per heavy atom. The van der Waals surface area contributed by atoms with Crippen molar-refractivity contribution in [1.82, 2.24) is 8.75 Å².